The summed E-state index contributed by atoms with van der Waals surface area (Å²) >= 11 is 0. The maximum Gasteiger partial charge on any atom is 0.165 e. The van der Waals surface area contributed by atoms with Gasteiger partial charge < -0.3 is 14.3 Å². The molecule has 1 rings (SSSR count). The summed E-state index contributed by atoms with van der Waals surface area (Å²) in [4.78, 5) is 10.1. The van der Waals surface area contributed by atoms with E-state index in [0.717, 1.165) is 32.0 Å². The minimum Gasteiger partial charge on any atom is -0.348 e. The zero-order valence-electron chi connectivity index (χ0n) is 9.83. The number of carbonyl (C=O) groups excluding carboxylic acids is 1. The van der Waals surface area contributed by atoms with E-state index in [0.29, 0.717) is 25.6 Å². The van der Waals surface area contributed by atoms with Gasteiger partial charge in [-0.2, -0.15) is 0 Å². The molecule has 3 nitrogen and oxygen atoms in total. The first-order chi connectivity index (χ1) is 7.16. The van der Waals surface area contributed by atoms with E-state index in [-0.39, 0.29) is 5.79 Å². The molecule has 0 saturated carbocycles. The minimum atomic E-state index is -0.357. The first-order valence-corrected chi connectivity index (χ1v) is 5.88. The fraction of sp³-hybridized carbons (Fsp3) is 0.917. The summed E-state index contributed by atoms with van der Waals surface area (Å²) in [6.07, 6.45) is 5.92. The minimum absolute atomic E-state index is 0.357. The van der Waals surface area contributed by atoms with Crippen molar-refractivity contribution in [2.75, 3.05) is 13.2 Å². The summed E-state index contributed by atoms with van der Waals surface area (Å²) in [6.45, 7) is 5.67. The third-order valence-electron chi connectivity index (χ3n) is 2.89. The maximum atomic E-state index is 10.1. The van der Waals surface area contributed by atoms with Crippen LogP contribution in [0.3, 0.4) is 0 Å². The SMILES string of the molecule is C[C@H](CCCCC=O)CC1(C)OCCO1. The molecule has 0 aliphatic carbocycles. The van der Waals surface area contributed by atoms with Crippen LogP contribution in [-0.4, -0.2) is 25.3 Å². The van der Waals surface area contributed by atoms with Crippen LogP contribution in [0.1, 0.15) is 46.0 Å². The van der Waals surface area contributed by atoms with E-state index in [2.05, 4.69) is 6.92 Å². The second kappa shape index (κ2) is 6.23. The summed E-state index contributed by atoms with van der Waals surface area (Å²) in [5, 5.41) is 0. The highest BCUT2D eigenvalue weighted by atomic mass is 16.7. The van der Waals surface area contributed by atoms with Gasteiger partial charge in [-0.1, -0.05) is 19.8 Å². The fourth-order valence-corrected chi connectivity index (χ4v) is 2.13. The fourth-order valence-electron chi connectivity index (χ4n) is 2.13. The van der Waals surface area contributed by atoms with Crippen LogP contribution in [-0.2, 0) is 14.3 Å². The Morgan fingerprint density at radius 1 is 1.33 bits per heavy atom. The second-order valence-electron chi connectivity index (χ2n) is 4.59. The van der Waals surface area contributed by atoms with Crippen molar-refractivity contribution >= 4 is 6.29 Å². The first-order valence-electron chi connectivity index (χ1n) is 5.88. The van der Waals surface area contributed by atoms with Gasteiger partial charge in [0, 0.05) is 12.8 Å². The maximum absolute atomic E-state index is 10.1. The van der Waals surface area contributed by atoms with E-state index < -0.39 is 0 Å². The van der Waals surface area contributed by atoms with Crippen LogP contribution in [0.25, 0.3) is 0 Å². The molecule has 0 N–H and O–H groups in total. The van der Waals surface area contributed by atoms with Crippen LogP contribution in [0.5, 0.6) is 0 Å². The quantitative estimate of drug-likeness (QED) is 0.482. The number of aldehydes is 1. The molecule has 15 heavy (non-hydrogen) atoms. The highest BCUT2D eigenvalue weighted by Crippen LogP contribution is 2.28. The molecule has 0 radical (unpaired) electrons. The van der Waals surface area contributed by atoms with Crippen LogP contribution in [0.2, 0.25) is 0 Å². The summed E-state index contributed by atoms with van der Waals surface area (Å²) in [5.74, 6) is 0.240. The van der Waals surface area contributed by atoms with E-state index in [1.807, 2.05) is 6.92 Å². The van der Waals surface area contributed by atoms with E-state index in [9.17, 15) is 4.79 Å². The Balaban J connectivity index is 2.11. The van der Waals surface area contributed by atoms with Gasteiger partial charge in [0.25, 0.3) is 0 Å². The third-order valence-corrected chi connectivity index (χ3v) is 2.89. The zero-order valence-corrected chi connectivity index (χ0v) is 9.83. The van der Waals surface area contributed by atoms with Gasteiger partial charge >= 0.3 is 0 Å². The van der Waals surface area contributed by atoms with Gasteiger partial charge in [0.15, 0.2) is 5.79 Å². The van der Waals surface area contributed by atoms with Crippen molar-refractivity contribution in [3.63, 3.8) is 0 Å². The molecule has 0 amide bonds. The van der Waals surface area contributed by atoms with Crippen molar-refractivity contribution in [3.8, 4) is 0 Å². The summed E-state index contributed by atoms with van der Waals surface area (Å²) in [6, 6.07) is 0. The lowest BCUT2D eigenvalue weighted by atomic mass is 9.96. The number of rotatable bonds is 7. The van der Waals surface area contributed by atoms with Gasteiger partial charge in [-0.25, -0.2) is 0 Å². The molecule has 0 aromatic carbocycles. The Kier molecular flexibility index (Phi) is 5.26. The topological polar surface area (TPSA) is 35.5 Å². The van der Waals surface area contributed by atoms with E-state index in [1.165, 1.54) is 0 Å². The number of unbranched alkanes of at least 4 members (excludes halogenated alkanes) is 2. The van der Waals surface area contributed by atoms with Crippen molar-refractivity contribution in [2.45, 2.75) is 51.7 Å². The van der Waals surface area contributed by atoms with Gasteiger partial charge in [-0.15, -0.1) is 0 Å². The van der Waals surface area contributed by atoms with E-state index >= 15 is 0 Å². The molecule has 1 aliphatic heterocycles. The lowest BCUT2D eigenvalue weighted by molar-refractivity contribution is -0.154. The van der Waals surface area contributed by atoms with Gasteiger partial charge in [0.1, 0.15) is 6.29 Å². The highest BCUT2D eigenvalue weighted by Gasteiger charge is 2.32. The van der Waals surface area contributed by atoms with Crippen molar-refractivity contribution in [3.05, 3.63) is 0 Å². The van der Waals surface area contributed by atoms with E-state index in [1.54, 1.807) is 0 Å². The Labute approximate surface area is 92.1 Å². The predicted molar refractivity (Wildman–Crippen MR) is 58.6 cm³/mol. The number of hydrogen-bond donors (Lipinski definition) is 0. The average Bonchev–Trinajstić information content (AvgIpc) is 2.59. The lowest BCUT2D eigenvalue weighted by Gasteiger charge is -2.25. The Bertz CT molecular complexity index is 185. The van der Waals surface area contributed by atoms with Gasteiger partial charge in [0.05, 0.1) is 13.2 Å². The molecular formula is C12H22O3. The molecule has 1 aliphatic rings. The molecule has 0 aromatic rings. The van der Waals surface area contributed by atoms with Gasteiger partial charge in [-0.3, -0.25) is 0 Å². The molecule has 3 heteroatoms. The predicted octanol–water partition coefficient (Wildman–Crippen LogP) is 2.53. The van der Waals surface area contributed by atoms with Crippen LogP contribution in [0, 0.1) is 5.92 Å². The number of ether oxygens (including phenoxy) is 2. The average molecular weight is 214 g/mol. The van der Waals surface area contributed by atoms with Crippen LogP contribution in [0.4, 0.5) is 0 Å². The van der Waals surface area contributed by atoms with Crippen molar-refractivity contribution in [1.29, 1.82) is 0 Å². The summed E-state index contributed by atoms with van der Waals surface area (Å²) < 4.78 is 11.1. The van der Waals surface area contributed by atoms with Crippen LogP contribution < -0.4 is 0 Å². The molecule has 0 unspecified atom stereocenters. The number of hydrogen-bond acceptors (Lipinski definition) is 3. The molecule has 0 aromatic heterocycles. The van der Waals surface area contributed by atoms with Gasteiger partial charge in [-0.05, 0) is 19.3 Å². The zero-order chi connectivity index (χ0) is 11.1. The molecule has 0 bridgehead atoms. The van der Waals surface area contributed by atoms with Crippen molar-refractivity contribution in [2.24, 2.45) is 5.92 Å². The molecule has 1 atom stereocenters. The normalized spacial score (nSPS) is 21.5. The molecule has 1 saturated heterocycles. The molecule has 1 heterocycles. The standard InChI is InChI=1S/C12H22O3/c1-11(6-4-3-5-7-13)10-12(2)14-8-9-15-12/h7,11H,3-6,8-10H2,1-2H3/t11-/m1/s1. The smallest absolute Gasteiger partial charge is 0.165 e. The molecule has 88 valence electrons. The Hall–Kier alpha value is -0.410. The second-order valence-corrected chi connectivity index (χ2v) is 4.59. The van der Waals surface area contributed by atoms with Gasteiger partial charge in [0.2, 0.25) is 0 Å². The largest absolute Gasteiger partial charge is 0.348 e. The monoisotopic (exact) mass is 214 g/mol. The lowest BCUT2D eigenvalue weighted by Crippen LogP contribution is -2.28. The van der Waals surface area contributed by atoms with Crippen LogP contribution >= 0.6 is 0 Å². The van der Waals surface area contributed by atoms with Crippen LogP contribution in [0.15, 0.2) is 0 Å². The molecule has 0 spiro atoms. The summed E-state index contributed by atoms with van der Waals surface area (Å²) in [5.41, 5.74) is 0. The summed E-state index contributed by atoms with van der Waals surface area (Å²) in [7, 11) is 0. The highest BCUT2D eigenvalue weighted by molar-refractivity contribution is 5.48. The van der Waals surface area contributed by atoms with E-state index in [4.69, 9.17) is 9.47 Å². The Morgan fingerprint density at radius 3 is 2.60 bits per heavy atom. The third kappa shape index (κ3) is 4.76. The first kappa shape index (κ1) is 12.7. The number of carbonyl (C=O) groups is 1. The van der Waals surface area contributed by atoms with Crippen molar-refractivity contribution in [1.82, 2.24) is 0 Å². The molecular weight excluding hydrogens is 192 g/mol. The molecule has 1 fully saturated rings. The Morgan fingerprint density at radius 2 is 2.00 bits per heavy atom. The van der Waals surface area contributed by atoms with Crippen molar-refractivity contribution < 1.29 is 14.3 Å².